The molecule has 0 aliphatic carbocycles. The fourth-order valence-electron chi connectivity index (χ4n) is 5.53. The van der Waals surface area contributed by atoms with Gasteiger partial charge in [-0.3, -0.25) is 0 Å². The lowest BCUT2D eigenvalue weighted by molar-refractivity contribution is 1.28. The molecule has 0 saturated carbocycles. The van der Waals surface area contributed by atoms with Crippen LogP contribution in [0.3, 0.4) is 0 Å². The van der Waals surface area contributed by atoms with Gasteiger partial charge in [0.1, 0.15) is 0 Å². The van der Waals surface area contributed by atoms with Gasteiger partial charge in [-0.2, -0.15) is 0 Å². The molecule has 6 aromatic carbocycles. The maximum Gasteiger partial charge on any atom is 0.0715 e. The van der Waals surface area contributed by atoms with E-state index in [0.717, 1.165) is 61.8 Å². The van der Waals surface area contributed by atoms with Crippen molar-refractivity contribution >= 4 is 29.2 Å². The third-order valence-corrected chi connectivity index (χ3v) is 7.86. The first kappa shape index (κ1) is 27.8. The molecule has 7 aromatic rings. The molecular weight excluding hydrogens is 544 g/mol. The number of para-hydroxylation sites is 2. The van der Waals surface area contributed by atoms with Gasteiger partial charge in [-0.05, 0) is 70.8 Å². The molecule has 2 heteroatoms. The van der Waals surface area contributed by atoms with Crippen LogP contribution in [0.2, 0.25) is 0 Å². The summed E-state index contributed by atoms with van der Waals surface area (Å²) in [7, 11) is 0. The Bertz CT molecular complexity index is 1900. The number of hydrogen-bond donors (Lipinski definition) is 0. The zero-order valence-electron chi connectivity index (χ0n) is 24.9. The van der Waals surface area contributed by atoms with Crippen LogP contribution in [-0.2, 0) is 0 Å². The summed E-state index contributed by atoms with van der Waals surface area (Å²) >= 11 is 0. The van der Waals surface area contributed by atoms with Gasteiger partial charge < -0.3 is 4.90 Å². The number of rotatable bonds is 8. The Morgan fingerprint density at radius 2 is 0.711 bits per heavy atom. The predicted molar refractivity (Wildman–Crippen MR) is 191 cm³/mol. The molecule has 1 heterocycles. The van der Waals surface area contributed by atoms with Crippen molar-refractivity contribution in [2.24, 2.45) is 0 Å². The predicted octanol–water partition coefficient (Wildman–Crippen LogP) is 11.7. The Kier molecular flexibility index (Phi) is 8.11. The summed E-state index contributed by atoms with van der Waals surface area (Å²) < 4.78 is 0. The van der Waals surface area contributed by atoms with Crippen molar-refractivity contribution in [1.82, 2.24) is 4.98 Å². The van der Waals surface area contributed by atoms with Crippen LogP contribution in [0.25, 0.3) is 45.8 Å². The molecule has 0 aliphatic heterocycles. The first-order valence-electron chi connectivity index (χ1n) is 15.2. The topological polar surface area (TPSA) is 16.1 Å². The van der Waals surface area contributed by atoms with E-state index in [-0.39, 0.29) is 0 Å². The molecule has 7 rings (SSSR count). The molecule has 0 spiro atoms. The van der Waals surface area contributed by atoms with Crippen LogP contribution in [0.1, 0.15) is 11.1 Å². The SMILES string of the molecule is C(=C\c1ccc(N(c2ccccc2)c2ccccc2)cc1)/c1ccc(-c2cc(-c3ccccc3)nc(-c3ccccc3)c2)cc1. The Morgan fingerprint density at radius 1 is 0.333 bits per heavy atom. The first-order chi connectivity index (χ1) is 22.3. The van der Waals surface area contributed by atoms with Crippen molar-refractivity contribution in [3.63, 3.8) is 0 Å². The highest BCUT2D eigenvalue weighted by atomic mass is 15.1. The van der Waals surface area contributed by atoms with Crippen molar-refractivity contribution < 1.29 is 0 Å². The summed E-state index contributed by atoms with van der Waals surface area (Å²) in [5.41, 5.74) is 12.2. The molecule has 0 aliphatic rings. The van der Waals surface area contributed by atoms with Crippen molar-refractivity contribution in [3.8, 4) is 33.6 Å². The standard InChI is InChI=1S/C43H32N2/c1-5-13-36(14-6-1)42-31-38(32-43(44-42)37-15-7-2-8-16-37)35-27-23-33(24-28-35)21-22-34-25-29-41(30-26-34)45(39-17-9-3-10-18-39)40-19-11-4-12-20-40/h1-32H/b22-21+. The molecule has 0 bridgehead atoms. The van der Waals surface area contributed by atoms with Gasteiger partial charge in [0, 0.05) is 28.2 Å². The van der Waals surface area contributed by atoms with E-state index >= 15 is 0 Å². The molecule has 0 atom stereocenters. The monoisotopic (exact) mass is 576 g/mol. The second-order valence-corrected chi connectivity index (χ2v) is 10.9. The van der Waals surface area contributed by atoms with E-state index in [2.05, 4.69) is 175 Å². The summed E-state index contributed by atoms with van der Waals surface area (Å²) in [6.07, 6.45) is 4.34. The average Bonchev–Trinajstić information content (AvgIpc) is 3.13. The first-order valence-corrected chi connectivity index (χ1v) is 15.2. The Labute approximate surface area is 265 Å². The van der Waals surface area contributed by atoms with Crippen LogP contribution in [0.5, 0.6) is 0 Å². The second-order valence-electron chi connectivity index (χ2n) is 10.9. The van der Waals surface area contributed by atoms with Crippen molar-refractivity contribution in [3.05, 3.63) is 193 Å². The van der Waals surface area contributed by atoms with Crippen molar-refractivity contribution in [1.29, 1.82) is 0 Å². The molecule has 0 saturated heterocycles. The lowest BCUT2D eigenvalue weighted by Gasteiger charge is -2.25. The summed E-state index contributed by atoms with van der Waals surface area (Å²) in [5, 5.41) is 0. The highest BCUT2D eigenvalue weighted by Crippen LogP contribution is 2.34. The highest BCUT2D eigenvalue weighted by molar-refractivity contribution is 5.80. The van der Waals surface area contributed by atoms with Gasteiger partial charge >= 0.3 is 0 Å². The van der Waals surface area contributed by atoms with Crippen LogP contribution < -0.4 is 4.90 Å². The maximum absolute atomic E-state index is 5.02. The molecule has 0 fully saturated rings. The van der Waals surface area contributed by atoms with Crippen LogP contribution in [0, 0.1) is 0 Å². The van der Waals surface area contributed by atoms with Gasteiger partial charge in [0.25, 0.3) is 0 Å². The molecule has 0 N–H and O–H groups in total. The summed E-state index contributed by atoms with van der Waals surface area (Å²) in [6, 6.07) is 63.5. The van der Waals surface area contributed by atoms with E-state index in [9.17, 15) is 0 Å². The largest absolute Gasteiger partial charge is 0.311 e. The Morgan fingerprint density at radius 3 is 1.16 bits per heavy atom. The molecule has 45 heavy (non-hydrogen) atoms. The molecule has 0 unspecified atom stereocenters. The molecular formula is C43H32N2. The minimum atomic E-state index is 0.970. The zero-order chi connectivity index (χ0) is 30.3. The third-order valence-electron chi connectivity index (χ3n) is 7.86. The van der Waals surface area contributed by atoms with E-state index in [1.165, 1.54) is 0 Å². The minimum absolute atomic E-state index is 0.970. The Hall–Kier alpha value is -5.99. The van der Waals surface area contributed by atoms with Gasteiger partial charge in [0.05, 0.1) is 11.4 Å². The molecule has 1 aromatic heterocycles. The fraction of sp³-hybridized carbons (Fsp3) is 0. The third kappa shape index (κ3) is 6.51. The zero-order valence-corrected chi connectivity index (χ0v) is 24.9. The number of benzene rings is 6. The number of hydrogen-bond acceptors (Lipinski definition) is 2. The smallest absolute Gasteiger partial charge is 0.0715 e. The summed E-state index contributed by atoms with van der Waals surface area (Å²) in [5.74, 6) is 0. The van der Waals surface area contributed by atoms with Gasteiger partial charge in [-0.1, -0.05) is 146 Å². The average molecular weight is 577 g/mol. The van der Waals surface area contributed by atoms with E-state index in [1.54, 1.807) is 0 Å². The van der Waals surface area contributed by atoms with Gasteiger partial charge in [-0.15, -0.1) is 0 Å². The Balaban J connectivity index is 1.13. The van der Waals surface area contributed by atoms with Crippen LogP contribution in [-0.4, -0.2) is 4.98 Å². The highest BCUT2D eigenvalue weighted by Gasteiger charge is 2.12. The lowest BCUT2D eigenvalue weighted by Crippen LogP contribution is -2.09. The number of aromatic nitrogens is 1. The van der Waals surface area contributed by atoms with E-state index in [4.69, 9.17) is 4.98 Å². The molecule has 0 amide bonds. The number of anilines is 3. The van der Waals surface area contributed by atoms with E-state index in [0.29, 0.717) is 0 Å². The number of pyridine rings is 1. The molecule has 0 radical (unpaired) electrons. The second kappa shape index (κ2) is 13.1. The fourth-order valence-corrected chi connectivity index (χ4v) is 5.53. The summed E-state index contributed by atoms with van der Waals surface area (Å²) in [6.45, 7) is 0. The van der Waals surface area contributed by atoms with E-state index < -0.39 is 0 Å². The number of nitrogens with zero attached hydrogens (tertiary/aromatic N) is 2. The van der Waals surface area contributed by atoms with Gasteiger partial charge in [-0.25, -0.2) is 4.98 Å². The van der Waals surface area contributed by atoms with E-state index in [1.807, 2.05) is 24.3 Å². The normalized spacial score (nSPS) is 11.0. The maximum atomic E-state index is 5.02. The minimum Gasteiger partial charge on any atom is -0.311 e. The van der Waals surface area contributed by atoms with Crippen LogP contribution in [0.4, 0.5) is 17.1 Å². The molecule has 214 valence electrons. The van der Waals surface area contributed by atoms with Gasteiger partial charge in [0.15, 0.2) is 0 Å². The van der Waals surface area contributed by atoms with Crippen molar-refractivity contribution in [2.75, 3.05) is 4.90 Å². The van der Waals surface area contributed by atoms with Crippen LogP contribution >= 0.6 is 0 Å². The quantitative estimate of drug-likeness (QED) is 0.167. The molecule has 2 nitrogen and oxygen atoms in total. The van der Waals surface area contributed by atoms with Gasteiger partial charge in [0.2, 0.25) is 0 Å². The lowest BCUT2D eigenvalue weighted by atomic mass is 9.99. The van der Waals surface area contributed by atoms with Crippen LogP contribution in [0.15, 0.2) is 182 Å². The van der Waals surface area contributed by atoms with Crippen molar-refractivity contribution in [2.45, 2.75) is 0 Å². The summed E-state index contributed by atoms with van der Waals surface area (Å²) in [4.78, 5) is 7.29.